The number of hydrogen-bond acceptors (Lipinski definition) is 5. The lowest BCUT2D eigenvalue weighted by Crippen LogP contribution is -2.40. The molecule has 31 heavy (non-hydrogen) atoms. The van der Waals surface area contributed by atoms with Crippen LogP contribution in [0.4, 0.5) is 5.82 Å². The molecule has 0 bridgehead atoms. The Hall–Kier alpha value is -2.72. The van der Waals surface area contributed by atoms with Crippen LogP contribution in [0.25, 0.3) is 0 Å². The molecule has 2 aromatic carbocycles. The second-order valence-electron chi connectivity index (χ2n) is 6.97. The monoisotopic (exact) mass is 460 g/mol. The summed E-state index contributed by atoms with van der Waals surface area (Å²) in [6.45, 7) is 1.69. The summed E-state index contributed by atoms with van der Waals surface area (Å²) in [6, 6.07) is 15.5. The SMILES string of the molecule is O=C(Nc1ccnn1Cc1ccccc1)c1cc(S(=O)(=O)N2CCOCC2)ccc1Cl. The molecule has 1 fully saturated rings. The highest BCUT2D eigenvalue weighted by Crippen LogP contribution is 2.24. The summed E-state index contributed by atoms with van der Waals surface area (Å²) in [5, 5.41) is 7.19. The van der Waals surface area contributed by atoms with Crippen molar-refractivity contribution in [1.29, 1.82) is 0 Å². The molecule has 1 amide bonds. The van der Waals surface area contributed by atoms with E-state index in [1.165, 1.54) is 22.5 Å². The Morgan fingerprint density at radius 2 is 1.84 bits per heavy atom. The van der Waals surface area contributed by atoms with Gasteiger partial charge in [0.2, 0.25) is 10.0 Å². The molecule has 0 radical (unpaired) electrons. The zero-order valence-electron chi connectivity index (χ0n) is 16.6. The fourth-order valence-corrected chi connectivity index (χ4v) is 4.92. The highest BCUT2D eigenvalue weighted by molar-refractivity contribution is 7.89. The average Bonchev–Trinajstić information content (AvgIpc) is 3.21. The van der Waals surface area contributed by atoms with Crippen LogP contribution in [0.1, 0.15) is 15.9 Å². The predicted molar refractivity (Wildman–Crippen MR) is 117 cm³/mol. The smallest absolute Gasteiger partial charge is 0.258 e. The van der Waals surface area contributed by atoms with E-state index in [0.717, 1.165) is 5.56 Å². The summed E-state index contributed by atoms with van der Waals surface area (Å²) in [4.78, 5) is 12.9. The zero-order valence-corrected chi connectivity index (χ0v) is 18.1. The number of anilines is 1. The number of morpholine rings is 1. The van der Waals surface area contributed by atoms with E-state index in [2.05, 4.69) is 10.4 Å². The summed E-state index contributed by atoms with van der Waals surface area (Å²) in [5.41, 5.74) is 1.10. The molecule has 1 aliphatic heterocycles. The standard InChI is InChI=1S/C21H21ClN4O4S/c22-19-7-6-17(31(28,29)25-10-12-30-13-11-25)14-18(19)21(27)24-20-8-9-23-26(20)15-16-4-2-1-3-5-16/h1-9,14H,10-13,15H2,(H,24,27). The molecule has 1 saturated heterocycles. The van der Waals surface area contributed by atoms with Crippen molar-refractivity contribution in [3.63, 3.8) is 0 Å². The van der Waals surface area contributed by atoms with Gasteiger partial charge in [0.25, 0.3) is 5.91 Å². The Labute approximate surface area is 185 Å². The Bertz CT molecular complexity index is 1180. The van der Waals surface area contributed by atoms with Crippen molar-refractivity contribution in [1.82, 2.24) is 14.1 Å². The van der Waals surface area contributed by atoms with Crippen molar-refractivity contribution >= 4 is 33.3 Å². The number of ether oxygens (including phenoxy) is 1. The van der Waals surface area contributed by atoms with Crippen LogP contribution in [0.2, 0.25) is 5.02 Å². The highest BCUT2D eigenvalue weighted by Gasteiger charge is 2.27. The minimum Gasteiger partial charge on any atom is -0.379 e. The van der Waals surface area contributed by atoms with Gasteiger partial charge in [-0.25, -0.2) is 13.1 Å². The van der Waals surface area contributed by atoms with E-state index in [1.54, 1.807) is 16.9 Å². The van der Waals surface area contributed by atoms with Crippen molar-refractivity contribution < 1.29 is 17.9 Å². The number of halogens is 1. The van der Waals surface area contributed by atoms with Crippen LogP contribution in [0.15, 0.2) is 65.7 Å². The molecular weight excluding hydrogens is 440 g/mol. The van der Waals surface area contributed by atoms with Gasteiger partial charge in [0.05, 0.1) is 41.4 Å². The number of benzene rings is 2. The number of rotatable bonds is 6. The van der Waals surface area contributed by atoms with Gasteiger partial charge < -0.3 is 10.1 Å². The molecule has 4 rings (SSSR count). The second-order valence-corrected chi connectivity index (χ2v) is 9.32. The van der Waals surface area contributed by atoms with Gasteiger partial charge in [0.15, 0.2) is 0 Å². The fourth-order valence-electron chi connectivity index (χ4n) is 3.28. The van der Waals surface area contributed by atoms with Crippen LogP contribution in [-0.4, -0.2) is 54.7 Å². The van der Waals surface area contributed by atoms with Crippen molar-refractivity contribution in [2.75, 3.05) is 31.6 Å². The molecule has 0 unspecified atom stereocenters. The molecule has 8 nitrogen and oxygen atoms in total. The number of nitrogens with zero attached hydrogens (tertiary/aromatic N) is 3. The predicted octanol–water partition coefficient (Wildman–Crippen LogP) is 2.86. The third-order valence-corrected chi connectivity index (χ3v) is 7.15. The molecule has 0 saturated carbocycles. The summed E-state index contributed by atoms with van der Waals surface area (Å²) < 4.78 is 34.1. The van der Waals surface area contributed by atoms with Crippen molar-refractivity contribution in [2.24, 2.45) is 0 Å². The minimum absolute atomic E-state index is 0.0155. The van der Waals surface area contributed by atoms with Gasteiger partial charge in [-0.05, 0) is 23.8 Å². The number of hydrogen-bond donors (Lipinski definition) is 1. The lowest BCUT2D eigenvalue weighted by molar-refractivity contribution is 0.0730. The minimum atomic E-state index is -3.75. The van der Waals surface area contributed by atoms with Crippen LogP contribution in [0.3, 0.4) is 0 Å². The first kappa shape index (κ1) is 21.5. The molecule has 0 spiro atoms. The first-order valence-electron chi connectivity index (χ1n) is 9.70. The molecular formula is C21H21ClN4O4S. The largest absolute Gasteiger partial charge is 0.379 e. The number of carbonyl (C=O) groups excluding carboxylic acids is 1. The molecule has 10 heteroatoms. The number of sulfonamides is 1. The molecule has 3 aromatic rings. The van der Waals surface area contributed by atoms with Gasteiger partial charge in [-0.15, -0.1) is 0 Å². The van der Waals surface area contributed by atoms with Crippen LogP contribution >= 0.6 is 11.6 Å². The molecule has 1 N–H and O–H groups in total. The lowest BCUT2D eigenvalue weighted by atomic mass is 10.2. The maximum Gasteiger partial charge on any atom is 0.258 e. The molecule has 1 aromatic heterocycles. The van der Waals surface area contributed by atoms with Crippen LogP contribution in [-0.2, 0) is 21.3 Å². The topological polar surface area (TPSA) is 93.5 Å². The Morgan fingerprint density at radius 3 is 2.58 bits per heavy atom. The molecule has 1 aliphatic rings. The summed E-state index contributed by atoms with van der Waals surface area (Å²) in [5.74, 6) is -0.0369. The van der Waals surface area contributed by atoms with Crippen LogP contribution in [0.5, 0.6) is 0 Å². The Balaban J connectivity index is 1.56. The van der Waals surface area contributed by atoms with Crippen LogP contribution in [0, 0.1) is 0 Å². The summed E-state index contributed by atoms with van der Waals surface area (Å²) in [7, 11) is -3.75. The van der Waals surface area contributed by atoms with Crippen molar-refractivity contribution in [2.45, 2.75) is 11.4 Å². The Morgan fingerprint density at radius 1 is 1.10 bits per heavy atom. The van der Waals surface area contributed by atoms with E-state index in [0.29, 0.717) is 25.6 Å². The first-order valence-corrected chi connectivity index (χ1v) is 11.5. The van der Waals surface area contributed by atoms with Gasteiger partial charge in [0.1, 0.15) is 5.82 Å². The number of aromatic nitrogens is 2. The van der Waals surface area contributed by atoms with E-state index >= 15 is 0 Å². The summed E-state index contributed by atoms with van der Waals surface area (Å²) in [6.07, 6.45) is 1.58. The summed E-state index contributed by atoms with van der Waals surface area (Å²) >= 11 is 6.22. The van der Waals surface area contributed by atoms with E-state index in [-0.39, 0.29) is 28.6 Å². The van der Waals surface area contributed by atoms with E-state index in [9.17, 15) is 13.2 Å². The lowest BCUT2D eigenvalue weighted by Gasteiger charge is -2.26. The number of nitrogens with one attached hydrogen (secondary N) is 1. The van der Waals surface area contributed by atoms with Gasteiger partial charge >= 0.3 is 0 Å². The third-order valence-electron chi connectivity index (χ3n) is 4.92. The van der Waals surface area contributed by atoms with Gasteiger partial charge in [-0.2, -0.15) is 9.40 Å². The number of amides is 1. The normalized spacial score (nSPS) is 15.0. The third kappa shape index (κ3) is 4.80. The van der Waals surface area contributed by atoms with Crippen LogP contribution < -0.4 is 5.32 Å². The molecule has 162 valence electrons. The van der Waals surface area contributed by atoms with Gasteiger partial charge in [-0.1, -0.05) is 41.9 Å². The van der Waals surface area contributed by atoms with Gasteiger partial charge in [0, 0.05) is 19.2 Å². The molecule has 0 aliphatic carbocycles. The van der Waals surface area contributed by atoms with Gasteiger partial charge in [-0.3, -0.25) is 4.79 Å². The molecule has 2 heterocycles. The quantitative estimate of drug-likeness (QED) is 0.610. The average molecular weight is 461 g/mol. The maximum atomic E-state index is 12.9. The second kappa shape index (κ2) is 9.19. The molecule has 0 atom stereocenters. The van der Waals surface area contributed by atoms with Crippen molar-refractivity contribution in [3.05, 3.63) is 76.9 Å². The first-order chi connectivity index (χ1) is 14.9. The number of carbonyl (C=O) groups is 1. The van der Waals surface area contributed by atoms with E-state index in [1.807, 2.05) is 30.3 Å². The van der Waals surface area contributed by atoms with E-state index in [4.69, 9.17) is 16.3 Å². The highest BCUT2D eigenvalue weighted by atomic mass is 35.5. The maximum absolute atomic E-state index is 12.9. The fraction of sp³-hybridized carbons (Fsp3) is 0.238. The Kier molecular flexibility index (Phi) is 6.38. The van der Waals surface area contributed by atoms with Crippen molar-refractivity contribution in [3.8, 4) is 0 Å². The van der Waals surface area contributed by atoms with E-state index < -0.39 is 15.9 Å². The zero-order chi connectivity index (χ0) is 21.8.